The van der Waals surface area contributed by atoms with Gasteiger partial charge in [-0.25, -0.2) is 9.97 Å². The van der Waals surface area contributed by atoms with Crippen LogP contribution in [0.15, 0.2) is 41.3 Å². The fourth-order valence-electron chi connectivity index (χ4n) is 3.86. The average Bonchev–Trinajstić information content (AvgIpc) is 3.21. The van der Waals surface area contributed by atoms with E-state index in [9.17, 15) is 4.79 Å². The third kappa shape index (κ3) is 3.88. The summed E-state index contributed by atoms with van der Waals surface area (Å²) in [4.78, 5) is 28.1. The number of amides is 1. The molecule has 1 atom stereocenters. The number of likely N-dealkylation sites (tertiary alicyclic amines) is 1. The van der Waals surface area contributed by atoms with Gasteiger partial charge in [0, 0.05) is 45.1 Å². The molecule has 0 N–H and O–H groups in total. The quantitative estimate of drug-likeness (QED) is 0.831. The van der Waals surface area contributed by atoms with Crippen molar-refractivity contribution >= 4 is 11.9 Å². The zero-order chi connectivity index (χ0) is 17.8. The second kappa shape index (κ2) is 7.86. The molecule has 0 saturated carbocycles. The van der Waals surface area contributed by atoms with Crippen LogP contribution >= 0.6 is 0 Å². The molecule has 1 amide bonds. The minimum Gasteiger partial charge on any atom is -0.468 e. The van der Waals surface area contributed by atoms with Gasteiger partial charge in [0.2, 0.25) is 11.9 Å². The number of piperazine rings is 1. The maximum absolute atomic E-state index is 13.0. The summed E-state index contributed by atoms with van der Waals surface area (Å²) in [6.45, 7) is 5.70. The van der Waals surface area contributed by atoms with Gasteiger partial charge < -0.3 is 14.2 Å². The molecule has 0 aromatic carbocycles. The lowest BCUT2D eigenvalue weighted by molar-refractivity contribution is -0.137. The zero-order valence-corrected chi connectivity index (χ0v) is 15.0. The standard InChI is InChI=1S/C19H25N5O2/c25-18(16-4-1-8-22(14-16)15-17-5-2-13-26-17)23-9-11-24(12-10-23)19-20-6-3-7-21-19/h2-3,5-7,13,16H,1,4,8-12,14-15H2/t16-/m1/s1. The van der Waals surface area contributed by atoms with Gasteiger partial charge >= 0.3 is 0 Å². The van der Waals surface area contributed by atoms with Crippen LogP contribution in [0.4, 0.5) is 5.95 Å². The summed E-state index contributed by atoms with van der Waals surface area (Å²) in [5.74, 6) is 2.11. The van der Waals surface area contributed by atoms with Gasteiger partial charge in [-0.1, -0.05) is 0 Å². The van der Waals surface area contributed by atoms with Crippen molar-refractivity contribution < 1.29 is 9.21 Å². The Kier molecular flexibility index (Phi) is 5.15. The molecule has 2 aromatic heterocycles. The van der Waals surface area contributed by atoms with Crippen molar-refractivity contribution in [3.63, 3.8) is 0 Å². The highest BCUT2D eigenvalue weighted by Gasteiger charge is 2.31. The Morgan fingerprint density at radius 1 is 1.12 bits per heavy atom. The first-order valence-electron chi connectivity index (χ1n) is 9.35. The maximum atomic E-state index is 13.0. The summed E-state index contributed by atoms with van der Waals surface area (Å²) in [5.41, 5.74) is 0. The SMILES string of the molecule is O=C([C@@H]1CCCN(Cc2ccco2)C1)N1CCN(c2ncccn2)CC1. The molecule has 2 fully saturated rings. The van der Waals surface area contributed by atoms with Crippen molar-refractivity contribution in [1.29, 1.82) is 0 Å². The largest absolute Gasteiger partial charge is 0.468 e. The van der Waals surface area contributed by atoms with E-state index in [1.54, 1.807) is 18.7 Å². The Morgan fingerprint density at radius 2 is 1.92 bits per heavy atom. The van der Waals surface area contributed by atoms with Crippen molar-refractivity contribution in [3.8, 4) is 0 Å². The first-order valence-corrected chi connectivity index (χ1v) is 9.35. The van der Waals surface area contributed by atoms with E-state index < -0.39 is 0 Å². The lowest BCUT2D eigenvalue weighted by Gasteiger charge is -2.38. The number of carbonyl (C=O) groups is 1. The lowest BCUT2D eigenvalue weighted by Crippen LogP contribution is -2.52. The van der Waals surface area contributed by atoms with Crippen molar-refractivity contribution in [2.75, 3.05) is 44.2 Å². The van der Waals surface area contributed by atoms with Crippen LogP contribution < -0.4 is 4.90 Å². The number of hydrogen-bond acceptors (Lipinski definition) is 6. The third-order valence-corrected chi connectivity index (χ3v) is 5.24. The maximum Gasteiger partial charge on any atom is 0.227 e. The van der Waals surface area contributed by atoms with E-state index >= 15 is 0 Å². The predicted octanol–water partition coefficient (Wildman–Crippen LogP) is 1.63. The van der Waals surface area contributed by atoms with Crippen molar-refractivity contribution in [2.45, 2.75) is 19.4 Å². The zero-order valence-electron chi connectivity index (χ0n) is 15.0. The van der Waals surface area contributed by atoms with Crippen molar-refractivity contribution in [3.05, 3.63) is 42.6 Å². The molecular weight excluding hydrogens is 330 g/mol. The molecule has 2 aliphatic heterocycles. The van der Waals surface area contributed by atoms with Crippen LogP contribution in [0.3, 0.4) is 0 Å². The number of aromatic nitrogens is 2. The van der Waals surface area contributed by atoms with Crippen LogP contribution in [0.25, 0.3) is 0 Å². The highest BCUT2D eigenvalue weighted by Crippen LogP contribution is 2.22. The van der Waals surface area contributed by atoms with Gasteiger partial charge in [0.15, 0.2) is 0 Å². The van der Waals surface area contributed by atoms with Gasteiger partial charge in [0.25, 0.3) is 0 Å². The molecule has 4 heterocycles. The minimum atomic E-state index is 0.0956. The van der Waals surface area contributed by atoms with Gasteiger partial charge in [-0.2, -0.15) is 0 Å². The van der Waals surface area contributed by atoms with Crippen LogP contribution in [0.5, 0.6) is 0 Å². The minimum absolute atomic E-state index is 0.0956. The number of piperidine rings is 1. The Labute approximate surface area is 153 Å². The number of rotatable bonds is 4. The van der Waals surface area contributed by atoms with Gasteiger partial charge in [-0.3, -0.25) is 9.69 Å². The Balaban J connectivity index is 1.30. The molecule has 7 heteroatoms. The second-order valence-corrected chi connectivity index (χ2v) is 7.01. The molecule has 2 aromatic rings. The summed E-state index contributed by atoms with van der Waals surface area (Å²) < 4.78 is 5.45. The van der Waals surface area contributed by atoms with E-state index in [1.165, 1.54) is 0 Å². The smallest absolute Gasteiger partial charge is 0.227 e. The fourth-order valence-corrected chi connectivity index (χ4v) is 3.86. The lowest BCUT2D eigenvalue weighted by atomic mass is 9.96. The molecule has 4 rings (SSSR count). The first kappa shape index (κ1) is 17.0. The van der Waals surface area contributed by atoms with Crippen LogP contribution in [0, 0.1) is 5.92 Å². The van der Waals surface area contributed by atoms with Crippen molar-refractivity contribution in [2.24, 2.45) is 5.92 Å². The molecule has 2 aliphatic rings. The highest BCUT2D eigenvalue weighted by molar-refractivity contribution is 5.79. The molecule has 2 saturated heterocycles. The van der Waals surface area contributed by atoms with E-state index in [2.05, 4.69) is 19.8 Å². The molecule has 0 aliphatic carbocycles. The summed E-state index contributed by atoms with van der Waals surface area (Å²) in [6, 6.07) is 5.73. The molecule has 138 valence electrons. The molecule has 0 radical (unpaired) electrons. The topological polar surface area (TPSA) is 65.7 Å². The Morgan fingerprint density at radius 3 is 2.65 bits per heavy atom. The van der Waals surface area contributed by atoms with Crippen LogP contribution in [-0.4, -0.2) is 64.9 Å². The van der Waals surface area contributed by atoms with E-state index in [1.807, 2.05) is 23.1 Å². The number of hydrogen-bond donors (Lipinski definition) is 0. The molecule has 0 spiro atoms. The molecule has 0 bridgehead atoms. The van der Waals surface area contributed by atoms with E-state index in [0.29, 0.717) is 5.91 Å². The first-order chi connectivity index (χ1) is 12.8. The monoisotopic (exact) mass is 355 g/mol. The van der Waals surface area contributed by atoms with E-state index in [4.69, 9.17) is 4.42 Å². The summed E-state index contributed by atoms with van der Waals surface area (Å²) in [7, 11) is 0. The Hall–Kier alpha value is -2.41. The van der Waals surface area contributed by atoms with Crippen LogP contribution in [-0.2, 0) is 11.3 Å². The van der Waals surface area contributed by atoms with Crippen LogP contribution in [0.1, 0.15) is 18.6 Å². The van der Waals surface area contributed by atoms with E-state index in [0.717, 1.165) is 70.4 Å². The number of nitrogens with zero attached hydrogens (tertiary/aromatic N) is 5. The highest BCUT2D eigenvalue weighted by atomic mass is 16.3. The molecule has 26 heavy (non-hydrogen) atoms. The summed E-state index contributed by atoms with van der Waals surface area (Å²) in [5, 5.41) is 0. The van der Waals surface area contributed by atoms with E-state index in [-0.39, 0.29) is 5.92 Å². The normalized spacial score (nSPS) is 21.8. The van der Waals surface area contributed by atoms with Crippen molar-refractivity contribution in [1.82, 2.24) is 19.8 Å². The number of anilines is 1. The average molecular weight is 355 g/mol. The van der Waals surface area contributed by atoms with Crippen LogP contribution in [0.2, 0.25) is 0 Å². The predicted molar refractivity (Wildman–Crippen MR) is 97.5 cm³/mol. The van der Waals surface area contributed by atoms with Gasteiger partial charge in [0.1, 0.15) is 5.76 Å². The van der Waals surface area contributed by atoms with Gasteiger partial charge in [0.05, 0.1) is 18.7 Å². The van der Waals surface area contributed by atoms with Gasteiger partial charge in [-0.15, -0.1) is 0 Å². The summed E-state index contributed by atoms with van der Waals surface area (Å²) in [6.07, 6.45) is 7.27. The number of carbonyl (C=O) groups excluding carboxylic acids is 1. The molecule has 0 unspecified atom stereocenters. The Bertz CT molecular complexity index is 698. The third-order valence-electron chi connectivity index (χ3n) is 5.24. The number of furan rings is 1. The van der Waals surface area contributed by atoms with Gasteiger partial charge in [-0.05, 0) is 37.6 Å². The molecular formula is C19H25N5O2. The fraction of sp³-hybridized carbons (Fsp3) is 0.526. The second-order valence-electron chi connectivity index (χ2n) is 7.01. The molecule has 7 nitrogen and oxygen atoms in total. The summed E-state index contributed by atoms with van der Waals surface area (Å²) >= 11 is 0.